The molecule has 3 nitrogen and oxygen atoms in total. The maximum atomic E-state index is 11.7. The largest absolute Gasteiger partial charge is 0.277 e. The Morgan fingerprint density at radius 2 is 2.05 bits per heavy atom. The van der Waals surface area contributed by atoms with E-state index in [-0.39, 0.29) is 11.8 Å². The first-order chi connectivity index (χ1) is 9.11. The van der Waals surface area contributed by atoms with Gasteiger partial charge in [-0.25, -0.2) is 5.48 Å². The molecule has 0 heterocycles. The van der Waals surface area contributed by atoms with E-state index in [9.17, 15) is 4.79 Å². The first kappa shape index (κ1) is 14.1. The number of hydrogen-bond acceptors (Lipinski definition) is 2. The maximum absolute atomic E-state index is 11.7. The van der Waals surface area contributed by atoms with E-state index in [1.54, 1.807) is 0 Å². The van der Waals surface area contributed by atoms with Gasteiger partial charge in [-0.3, -0.25) is 9.63 Å². The molecule has 0 aliphatic heterocycles. The molecule has 1 atom stereocenters. The zero-order chi connectivity index (χ0) is 13.8. The fourth-order valence-corrected chi connectivity index (χ4v) is 2.92. The average molecular weight is 261 g/mol. The maximum Gasteiger partial charge on any atom is 0.244 e. The zero-order valence-electron chi connectivity index (χ0n) is 12.0. The molecule has 1 unspecified atom stereocenters. The summed E-state index contributed by atoms with van der Waals surface area (Å²) in [5.41, 5.74) is 6.64. The number of carbonyl (C=O) groups is 1. The van der Waals surface area contributed by atoms with Gasteiger partial charge < -0.3 is 0 Å². The van der Waals surface area contributed by atoms with Crippen molar-refractivity contribution in [1.29, 1.82) is 0 Å². The monoisotopic (exact) mass is 261 g/mol. The summed E-state index contributed by atoms with van der Waals surface area (Å²) < 4.78 is 0. The smallest absolute Gasteiger partial charge is 0.244 e. The Morgan fingerprint density at radius 1 is 1.32 bits per heavy atom. The van der Waals surface area contributed by atoms with Crippen LogP contribution in [0.3, 0.4) is 0 Å². The molecule has 0 spiro atoms. The average Bonchev–Trinajstić information content (AvgIpc) is 2.83. The van der Waals surface area contributed by atoms with Gasteiger partial charge in [0.25, 0.3) is 0 Å². The van der Waals surface area contributed by atoms with Gasteiger partial charge in [0.15, 0.2) is 0 Å². The summed E-state index contributed by atoms with van der Waals surface area (Å²) in [5, 5.41) is 0. The van der Waals surface area contributed by atoms with Crippen molar-refractivity contribution in [3.63, 3.8) is 0 Å². The summed E-state index contributed by atoms with van der Waals surface area (Å²) in [6, 6.07) is 6.73. The summed E-state index contributed by atoms with van der Waals surface area (Å²) in [5.74, 6) is 0.629. The van der Waals surface area contributed by atoms with Crippen molar-refractivity contribution < 1.29 is 9.63 Å². The van der Waals surface area contributed by atoms with Gasteiger partial charge in [0.2, 0.25) is 5.91 Å². The second-order valence-electron chi connectivity index (χ2n) is 5.67. The molecule has 2 rings (SSSR count). The third-order valence-corrected chi connectivity index (χ3v) is 3.98. The molecule has 1 N–H and O–H groups in total. The Balaban J connectivity index is 2.17. The number of amides is 1. The van der Waals surface area contributed by atoms with Crippen LogP contribution >= 0.6 is 0 Å². The molecular formula is C16H23NO2. The van der Waals surface area contributed by atoms with Gasteiger partial charge in [-0.15, -0.1) is 0 Å². The standard InChI is InChI=1S/C16H23NO2/c1-11(2)15(10-16(18)17-19-3)14-8-7-12-5-4-6-13(12)9-14/h7-9,11,15H,4-6,10H2,1-3H3,(H,17,18). The van der Waals surface area contributed by atoms with Gasteiger partial charge in [0.1, 0.15) is 0 Å². The Kier molecular flexibility index (Phi) is 4.59. The second kappa shape index (κ2) is 6.20. The van der Waals surface area contributed by atoms with Crippen molar-refractivity contribution in [2.75, 3.05) is 7.11 Å². The van der Waals surface area contributed by atoms with Crippen LogP contribution in [0, 0.1) is 5.92 Å². The summed E-state index contributed by atoms with van der Waals surface area (Å²) in [6.07, 6.45) is 4.12. The highest BCUT2D eigenvalue weighted by atomic mass is 16.6. The minimum atomic E-state index is -0.0540. The van der Waals surface area contributed by atoms with Crippen LogP contribution in [0.25, 0.3) is 0 Å². The number of nitrogens with one attached hydrogen (secondary N) is 1. The predicted octanol–water partition coefficient (Wildman–Crippen LogP) is 2.98. The molecule has 1 amide bonds. The first-order valence-corrected chi connectivity index (χ1v) is 7.05. The highest BCUT2D eigenvalue weighted by molar-refractivity contribution is 5.75. The van der Waals surface area contributed by atoms with Crippen molar-refractivity contribution in [1.82, 2.24) is 5.48 Å². The minimum absolute atomic E-state index is 0.0540. The van der Waals surface area contributed by atoms with Crippen LogP contribution in [0.5, 0.6) is 0 Å². The van der Waals surface area contributed by atoms with Gasteiger partial charge in [0, 0.05) is 6.42 Å². The van der Waals surface area contributed by atoms with Crippen LogP contribution < -0.4 is 5.48 Å². The Bertz CT molecular complexity index is 454. The van der Waals surface area contributed by atoms with Crippen molar-refractivity contribution in [3.05, 3.63) is 34.9 Å². The third kappa shape index (κ3) is 3.35. The molecule has 104 valence electrons. The van der Waals surface area contributed by atoms with Crippen molar-refractivity contribution in [3.8, 4) is 0 Å². The quantitative estimate of drug-likeness (QED) is 0.827. The fraction of sp³-hybridized carbons (Fsp3) is 0.562. The molecule has 0 aromatic heterocycles. The molecule has 3 heteroatoms. The molecule has 1 aliphatic rings. The van der Waals surface area contributed by atoms with Crippen LogP contribution in [-0.2, 0) is 22.5 Å². The summed E-state index contributed by atoms with van der Waals surface area (Å²) in [4.78, 5) is 16.4. The lowest BCUT2D eigenvalue weighted by Crippen LogP contribution is -2.25. The number of benzene rings is 1. The molecule has 0 saturated carbocycles. The van der Waals surface area contributed by atoms with Crippen LogP contribution in [-0.4, -0.2) is 13.0 Å². The molecule has 19 heavy (non-hydrogen) atoms. The van der Waals surface area contributed by atoms with Gasteiger partial charge in [-0.1, -0.05) is 32.0 Å². The van der Waals surface area contributed by atoms with Crippen LogP contribution in [0.1, 0.15) is 49.3 Å². The molecule has 0 fully saturated rings. The van der Waals surface area contributed by atoms with Crippen molar-refractivity contribution in [2.45, 2.75) is 45.4 Å². The number of rotatable bonds is 5. The molecular weight excluding hydrogens is 238 g/mol. The Hall–Kier alpha value is -1.35. The molecule has 0 radical (unpaired) electrons. The third-order valence-electron chi connectivity index (χ3n) is 3.98. The normalized spacial score (nSPS) is 15.4. The lowest BCUT2D eigenvalue weighted by atomic mass is 9.84. The molecule has 0 saturated heterocycles. The lowest BCUT2D eigenvalue weighted by Gasteiger charge is -2.21. The van der Waals surface area contributed by atoms with E-state index in [1.807, 2.05) is 0 Å². The highest BCUT2D eigenvalue weighted by Crippen LogP contribution is 2.31. The summed E-state index contributed by atoms with van der Waals surface area (Å²) in [7, 11) is 1.47. The van der Waals surface area contributed by atoms with Gasteiger partial charge in [-0.05, 0) is 47.8 Å². The van der Waals surface area contributed by atoms with Crippen LogP contribution in [0.15, 0.2) is 18.2 Å². The zero-order valence-corrected chi connectivity index (χ0v) is 12.0. The van der Waals surface area contributed by atoms with Crippen molar-refractivity contribution in [2.24, 2.45) is 5.92 Å². The number of hydroxylamine groups is 1. The molecule has 1 aliphatic carbocycles. The van der Waals surface area contributed by atoms with E-state index in [4.69, 9.17) is 4.84 Å². The molecule has 1 aromatic carbocycles. The van der Waals surface area contributed by atoms with E-state index >= 15 is 0 Å². The minimum Gasteiger partial charge on any atom is -0.277 e. The van der Waals surface area contributed by atoms with E-state index in [1.165, 1.54) is 43.1 Å². The number of aryl methyl sites for hydroxylation is 2. The van der Waals surface area contributed by atoms with E-state index in [2.05, 4.69) is 37.5 Å². The summed E-state index contributed by atoms with van der Waals surface area (Å²) in [6.45, 7) is 4.33. The fourth-order valence-electron chi connectivity index (χ4n) is 2.92. The number of carbonyl (C=O) groups excluding carboxylic acids is 1. The topological polar surface area (TPSA) is 38.3 Å². The lowest BCUT2D eigenvalue weighted by molar-refractivity contribution is -0.131. The Labute approximate surface area is 115 Å². The second-order valence-corrected chi connectivity index (χ2v) is 5.67. The predicted molar refractivity (Wildman–Crippen MR) is 75.8 cm³/mol. The van der Waals surface area contributed by atoms with Crippen LogP contribution in [0.4, 0.5) is 0 Å². The first-order valence-electron chi connectivity index (χ1n) is 7.05. The van der Waals surface area contributed by atoms with E-state index in [0.29, 0.717) is 12.3 Å². The van der Waals surface area contributed by atoms with Gasteiger partial charge in [-0.2, -0.15) is 0 Å². The molecule has 0 bridgehead atoms. The Morgan fingerprint density at radius 3 is 2.74 bits per heavy atom. The summed E-state index contributed by atoms with van der Waals surface area (Å²) >= 11 is 0. The van der Waals surface area contributed by atoms with Crippen LogP contribution in [0.2, 0.25) is 0 Å². The van der Waals surface area contributed by atoms with E-state index < -0.39 is 0 Å². The van der Waals surface area contributed by atoms with Gasteiger partial charge >= 0.3 is 0 Å². The molecule has 1 aromatic rings. The number of hydrogen-bond donors (Lipinski definition) is 1. The SMILES string of the molecule is CONC(=O)CC(c1ccc2c(c1)CCC2)C(C)C. The number of fused-ring (bicyclic) bond motifs is 1. The van der Waals surface area contributed by atoms with E-state index in [0.717, 1.165) is 0 Å². The highest BCUT2D eigenvalue weighted by Gasteiger charge is 2.21. The van der Waals surface area contributed by atoms with Gasteiger partial charge in [0.05, 0.1) is 7.11 Å². The van der Waals surface area contributed by atoms with Crippen molar-refractivity contribution >= 4 is 5.91 Å².